The molecule has 0 atom stereocenters. The molecule has 0 unspecified atom stereocenters. The molecule has 2 aromatic carbocycles. The normalized spacial score (nSPS) is 11.9. The van der Waals surface area contributed by atoms with Gasteiger partial charge in [-0.2, -0.15) is 0 Å². The molecule has 0 saturated carbocycles. The lowest BCUT2D eigenvalue weighted by Gasteiger charge is -2.09. The second kappa shape index (κ2) is 5.27. The Bertz CT molecular complexity index is 899. The van der Waals surface area contributed by atoms with Crippen LogP contribution in [-0.2, 0) is 15.4 Å². The van der Waals surface area contributed by atoms with E-state index < -0.39 is 10.0 Å². The number of hydrogen-bond acceptors (Lipinski definition) is 3. The van der Waals surface area contributed by atoms with Crippen LogP contribution in [0.2, 0.25) is 0 Å². The third-order valence-electron chi connectivity index (χ3n) is 3.26. The lowest BCUT2D eigenvalue weighted by molar-refractivity contribution is 0.587. The van der Waals surface area contributed by atoms with Gasteiger partial charge in [0.1, 0.15) is 5.82 Å². The Morgan fingerprint density at radius 1 is 1.10 bits per heavy atom. The number of alkyl halides is 1. The van der Waals surface area contributed by atoms with Crippen molar-refractivity contribution in [2.75, 3.05) is 0 Å². The van der Waals surface area contributed by atoms with Gasteiger partial charge < -0.3 is 0 Å². The Morgan fingerprint density at radius 2 is 1.76 bits per heavy atom. The van der Waals surface area contributed by atoms with E-state index >= 15 is 0 Å². The maximum Gasteiger partial charge on any atom is 0.269 e. The first-order valence-electron chi connectivity index (χ1n) is 6.38. The molecule has 3 rings (SSSR count). The molecule has 1 aromatic heterocycles. The van der Waals surface area contributed by atoms with Crippen molar-refractivity contribution < 1.29 is 8.42 Å². The molecule has 0 aliphatic carbocycles. The second-order valence-electron chi connectivity index (χ2n) is 4.73. The summed E-state index contributed by atoms with van der Waals surface area (Å²) in [4.78, 5) is 4.64. The highest BCUT2D eigenvalue weighted by atomic mass is 79.9. The van der Waals surface area contributed by atoms with Crippen LogP contribution in [0.4, 0.5) is 0 Å². The predicted octanol–water partition coefficient (Wildman–Crippen LogP) is 3.48. The number of fused-ring (bicyclic) bond motifs is 1. The standard InChI is InChI=1S/C15H13BrN2O2S/c1-11-6-8-12(9-7-11)21(19,20)18-14-5-3-2-4-13(14)17-15(18)10-16/h2-9H,10H2,1H3. The van der Waals surface area contributed by atoms with Gasteiger partial charge in [-0.05, 0) is 31.2 Å². The lowest BCUT2D eigenvalue weighted by Crippen LogP contribution is -2.15. The molecular weight excluding hydrogens is 352 g/mol. The minimum absolute atomic E-state index is 0.262. The molecule has 0 radical (unpaired) electrons. The van der Waals surface area contributed by atoms with E-state index in [2.05, 4.69) is 20.9 Å². The van der Waals surface area contributed by atoms with Gasteiger partial charge >= 0.3 is 0 Å². The van der Waals surface area contributed by atoms with Crippen LogP contribution in [0, 0.1) is 6.92 Å². The van der Waals surface area contributed by atoms with Crippen LogP contribution in [0.25, 0.3) is 11.0 Å². The van der Waals surface area contributed by atoms with E-state index in [1.54, 1.807) is 30.3 Å². The zero-order chi connectivity index (χ0) is 15.0. The first-order chi connectivity index (χ1) is 10.0. The summed E-state index contributed by atoms with van der Waals surface area (Å²) in [7, 11) is -3.66. The Morgan fingerprint density at radius 3 is 2.43 bits per heavy atom. The molecular formula is C15H13BrN2O2S. The number of para-hydroxylation sites is 2. The highest BCUT2D eigenvalue weighted by Gasteiger charge is 2.23. The van der Waals surface area contributed by atoms with E-state index in [9.17, 15) is 8.42 Å². The largest absolute Gasteiger partial charge is 0.269 e. The zero-order valence-electron chi connectivity index (χ0n) is 11.3. The molecule has 0 aliphatic rings. The summed E-state index contributed by atoms with van der Waals surface area (Å²) >= 11 is 3.32. The van der Waals surface area contributed by atoms with Crippen LogP contribution < -0.4 is 0 Å². The van der Waals surface area contributed by atoms with Crippen LogP contribution in [0.5, 0.6) is 0 Å². The molecule has 0 N–H and O–H groups in total. The molecule has 0 bridgehead atoms. The Labute approximate surface area is 131 Å². The summed E-state index contributed by atoms with van der Waals surface area (Å²) in [5.74, 6) is 0.469. The minimum atomic E-state index is -3.66. The van der Waals surface area contributed by atoms with E-state index in [4.69, 9.17) is 0 Å². The van der Waals surface area contributed by atoms with Crippen molar-refractivity contribution in [1.82, 2.24) is 8.96 Å². The van der Waals surface area contributed by atoms with E-state index in [0.717, 1.165) is 5.56 Å². The molecule has 0 aliphatic heterocycles. The van der Waals surface area contributed by atoms with Gasteiger partial charge in [0.15, 0.2) is 0 Å². The van der Waals surface area contributed by atoms with Gasteiger partial charge in [-0.15, -0.1) is 0 Å². The molecule has 21 heavy (non-hydrogen) atoms. The molecule has 1 heterocycles. The quantitative estimate of drug-likeness (QED) is 0.668. The molecule has 4 nitrogen and oxygen atoms in total. The Kier molecular flexibility index (Phi) is 3.59. The van der Waals surface area contributed by atoms with E-state index in [0.29, 0.717) is 22.2 Å². The maximum atomic E-state index is 12.9. The first-order valence-corrected chi connectivity index (χ1v) is 8.95. The van der Waals surface area contributed by atoms with E-state index in [1.807, 2.05) is 25.1 Å². The Balaban J connectivity index is 2.30. The molecule has 0 spiro atoms. The molecule has 108 valence electrons. The SMILES string of the molecule is Cc1ccc(S(=O)(=O)n2c(CBr)nc3ccccc32)cc1. The van der Waals surface area contributed by atoms with E-state index in [-0.39, 0.29) is 4.90 Å². The topological polar surface area (TPSA) is 52.0 Å². The average molecular weight is 365 g/mol. The van der Waals surface area contributed by atoms with Crippen LogP contribution in [-0.4, -0.2) is 17.4 Å². The number of halogens is 1. The van der Waals surface area contributed by atoms with Crippen molar-refractivity contribution in [1.29, 1.82) is 0 Å². The van der Waals surface area contributed by atoms with Gasteiger partial charge in [0, 0.05) is 0 Å². The van der Waals surface area contributed by atoms with E-state index in [1.165, 1.54) is 3.97 Å². The molecule has 0 saturated heterocycles. The number of imidazole rings is 1. The fourth-order valence-electron chi connectivity index (χ4n) is 2.22. The van der Waals surface area contributed by atoms with Gasteiger partial charge in [-0.1, -0.05) is 45.8 Å². The maximum absolute atomic E-state index is 12.9. The predicted molar refractivity (Wildman–Crippen MR) is 86.1 cm³/mol. The lowest BCUT2D eigenvalue weighted by atomic mass is 10.2. The average Bonchev–Trinajstić information content (AvgIpc) is 2.87. The number of aromatic nitrogens is 2. The van der Waals surface area contributed by atoms with Gasteiger partial charge in [-0.25, -0.2) is 17.4 Å². The zero-order valence-corrected chi connectivity index (χ0v) is 13.7. The third kappa shape index (κ3) is 2.38. The van der Waals surface area contributed by atoms with Gasteiger partial charge in [-0.3, -0.25) is 0 Å². The van der Waals surface area contributed by atoms with Crippen LogP contribution in [0.1, 0.15) is 11.4 Å². The van der Waals surface area contributed by atoms with Gasteiger partial charge in [0.25, 0.3) is 10.0 Å². The molecule has 0 amide bonds. The van der Waals surface area contributed by atoms with Gasteiger partial charge in [0.05, 0.1) is 21.3 Å². The fraction of sp³-hybridized carbons (Fsp3) is 0.133. The summed E-state index contributed by atoms with van der Waals surface area (Å²) in [5.41, 5.74) is 2.28. The number of hydrogen-bond donors (Lipinski definition) is 0. The summed E-state index contributed by atoms with van der Waals surface area (Å²) in [6, 6.07) is 14.1. The fourth-order valence-corrected chi connectivity index (χ4v) is 4.25. The number of nitrogens with zero attached hydrogens (tertiary/aromatic N) is 2. The van der Waals surface area contributed by atoms with Crippen molar-refractivity contribution in [2.45, 2.75) is 17.1 Å². The second-order valence-corrected chi connectivity index (χ2v) is 7.08. The summed E-state index contributed by atoms with van der Waals surface area (Å²) in [6.45, 7) is 1.92. The van der Waals surface area contributed by atoms with Crippen LogP contribution >= 0.6 is 15.9 Å². The first kappa shape index (κ1) is 14.3. The van der Waals surface area contributed by atoms with Crippen molar-refractivity contribution in [3.63, 3.8) is 0 Å². The summed E-state index contributed by atoms with van der Waals surface area (Å²) in [6.07, 6.45) is 0. The third-order valence-corrected chi connectivity index (χ3v) is 5.52. The van der Waals surface area contributed by atoms with Gasteiger partial charge in [0.2, 0.25) is 0 Å². The molecule has 6 heteroatoms. The number of rotatable bonds is 3. The van der Waals surface area contributed by atoms with Crippen molar-refractivity contribution in [3.8, 4) is 0 Å². The molecule has 3 aromatic rings. The number of benzene rings is 2. The Hall–Kier alpha value is -1.66. The smallest absolute Gasteiger partial charge is 0.231 e. The monoisotopic (exact) mass is 364 g/mol. The van der Waals surface area contributed by atoms with Crippen LogP contribution in [0.15, 0.2) is 53.4 Å². The highest BCUT2D eigenvalue weighted by molar-refractivity contribution is 9.08. The minimum Gasteiger partial charge on any atom is -0.231 e. The molecule has 0 fully saturated rings. The van der Waals surface area contributed by atoms with Crippen molar-refractivity contribution in [3.05, 3.63) is 59.9 Å². The summed E-state index contributed by atoms with van der Waals surface area (Å²) < 4.78 is 27.1. The summed E-state index contributed by atoms with van der Waals surface area (Å²) in [5, 5.41) is 0.368. The van der Waals surface area contributed by atoms with Crippen LogP contribution in [0.3, 0.4) is 0 Å². The number of aryl methyl sites for hydroxylation is 1. The van der Waals surface area contributed by atoms with Crippen molar-refractivity contribution in [2.24, 2.45) is 0 Å². The van der Waals surface area contributed by atoms with Crippen molar-refractivity contribution >= 4 is 37.0 Å². The highest BCUT2D eigenvalue weighted by Crippen LogP contribution is 2.24.